The minimum atomic E-state index is -0.0134. The second-order valence-corrected chi connectivity index (χ2v) is 5.48. The van der Waals surface area contributed by atoms with Crippen LogP contribution >= 0.6 is 62.5 Å². The molecule has 0 aliphatic rings. The molecule has 5 heteroatoms. The Morgan fingerprint density at radius 3 is 2.27 bits per heavy atom. The maximum absolute atomic E-state index is 5.63. The number of thioether (sulfide) groups is 1. The molecule has 15 heavy (non-hydrogen) atoms. The summed E-state index contributed by atoms with van der Waals surface area (Å²) in [5, 5.41) is 2.95. The first-order valence-corrected chi connectivity index (χ1v) is 6.48. The molecule has 0 nitrogen and oxygen atoms in total. The van der Waals surface area contributed by atoms with Crippen molar-refractivity contribution in [1.82, 2.24) is 0 Å². The summed E-state index contributed by atoms with van der Waals surface area (Å²) in [5.74, 6) is 2.63. The predicted molar refractivity (Wildman–Crippen MR) is 72.4 cm³/mol. The highest BCUT2D eigenvalue weighted by molar-refractivity contribution is 9.10. The Labute approximate surface area is 116 Å². The highest BCUT2D eigenvalue weighted by atomic mass is 79.9. The smallest absolute Gasteiger partial charge is 0.0717 e. The van der Waals surface area contributed by atoms with Crippen LogP contribution in [0.15, 0.2) is 43.2 Å². The van der Waals surface area contributed by atoms with E-state index in [1.54, 1.807) is 0 Å². The first-order chi connectivity index (χ1) is 7.09. The maximum atomic E-state index is 5.63. The minimum absolute atomic E-state index is 0.0134. The van der Waals surface area contributed by atoms with Gasteiger partial charge in [-0.2, -0.15) is 0 Å². The first kappa shape index (κ1) is 13.3. The van der Waals surface area contributed by atoms with E-state index in [1.165, 1.54) is 11.8 Å². The Hall–Kier alpha value is 0.220. The van der Waals surface area contributed by atoms with Crippen LogP contribution in [0.2, 0.25) is 0 Å². The van der Waals surface area contributed by atoms with Crippen LogP contribution in [0.1, 0.15) is 0 Å². The standard InChI is InChI=1S/C10H4BrCl3S/c11-7-1-3-8(4-2-7)15-6-5-9(12)10(13)14/h1-4H. The zero-order valence-electron chi connectivity index (χ0n) is 7.23. The van der Waals surface area contributed by atoms with Crippen molar-refractivity contribution in [3.63, 3.8) is 0 Å². The lowest BCUT2D eigenvalue weighted by Crippen LogP contribution is -1.68. The highest BCUT2D eigenvalue weighted by Gasteiger charge is 1.93. The van der Waals surface area contributed by atoms with Crippen LogP contribution in [0.25, 0.3) is 0 Å². The number of hydrogen-bond donors (Lipinski definition) is 0. The van der Waals surface area contributed by atoms with E-state index >= 15 is 0 Å². The quantitative estimate of drug-likeness (QED) is 0.487. The molecule has 0 saturated carbocycles. The maximum Gasteiger partial charge on any atom is 0.133 e. The van der Waals surface area contributed by atoms with E-state index in [0.29, 0.717) is 0 Å². The van der Waals surface area contributed by atoms with Gasteiger partial charge in [0.05, 0.1) is 0 Å². The van der Waals surface area contributed by atoms with E-state index in [4.69, 9.17) is 34.8 Å². The second kappa shape index (κ2) is 6.73. The van der Waals surface area contributed by atoms with Crippen molar-refractivity contribution in [3.05, 3.63) is 38.3 Å². The third-order valence-corrected chi connectivity index (χ3v) is 3.40. The van der Waals surface area contributed by atoms with E-state index in [1.807, 2.05) is 24.3 Å². The molecule has 0 N–H and O–H groups in total. The molecule has 0 heterocycles. The zero-order valence-corrected chi connectivity index (χ0v) is 11.9. The number of hydrogen-bond acceptors (Lipinski definition) is 1. The van der Waals surface area contributed by atoms with Gasteiger partial charge in [-0.25, -0.2) is 0 Å². The van der Waals surface area contributed by atoms with E-state index in [0.717, 1.165) is 9.37 Å². The monoisotopic (exact) mass is 340 g/mol. The zero-order chi connectivity index (χ0) is 11.3. The molecule has 0 atom stereocenters. The van der Waals surface area contributed by atoms with E-state index in [-0.39, 0.29) is 9.52 Å². The topological polar surface area (TPSA) is 0 Å². The average molecular weight is 342 g/mol. The van der Waals surface area contributed by atoms with Gasteiger partial charge in [0.25, 0.3) is 0 Å². The largest absolute Gasteiger partial charge is 0.133 e. The van der Waals surface area contributed by atoms with Gasteiger partial charge in [0.15, 0.2) is 0 Å². The summed E-state index contributed by atoms with van der Waals surface area (Å²) in [5.41, 5.74) is 0. The van der Waals surface area contributed by atoms with Crippen molar-refractivity contribution in [2.45, 2.75) is 4.90 Å². The summed E-state index contributed by atoms with van der Waals surface area (Å²) in [6.45, 7) is 0. The highest BCUT2D eigenvalue weighted by Crippen LogP contribution is 2.21. The molecule has 1 aromatic carbocycles. The van der Waals surface area contributed by atoms with Gasteiger partial charge < -0.3 is 0 Å². The number of benzene rings is 1. The lowest BCUT2D eigenvalue weighted by molar-refractivity contribution is 1.45. The molecule has 0 fully saturated rings. The molecule has 78 valence electrons. The number of halogens is 4. The fourth-order valence-corrected chi connectivity index (χ4v) is 1.68. The number of rotatable bonds is 1. The summed E-state index contributed by atoms with van der Waals surface area (Å²) in [6.07, 6.45) is 0. The summed E-state index contributed by atoms with van der Waals surface area (Å²) in [6, 6.07) is 7.78. The Morgan fingerprint density at radius 1 is 1.13 bits per heavy atom. The lowest BCUT2D eigenvalue weighted by Gasteiger charge is -1.93. The predicted octanol–water partition coefficient (Wildman–Crippen LogP) is 5.39. The third kappa shape index (κ3) is 5.19. The summed E-state index contributed by atoms with van der Waals surface area (Å²) < 4.78 is 1.02. The van der Waals surface area contributed by atoms with Gasteiger partial charge in [-0.15, -0.1) is 0 Å². The SMILES string of the molecule is ClC(Cl)=C(Cl)C#CSc1ccc(Br)cc1. The van der Waals surface area contributed by atoms with Crippen LogP contribution in [-0.2, 0) is 0 Å². The van der Waals surface area contributed by atoms with E-state index < -0.39 is 0 Å². The molecule has 0 saturated heterocycles. The Kier molecular flexibility index (Phi) is 5.96. The van der Waals surface area contributed by atoms with Crippen molar-refractivity contribution in [3.8, 4) is 11.2 Å². The molecule has 0 unspecified atom stereocenters. The minimum Gasteiger partial charge on any atom is -0.0717 e. The van der Waals surface area contributed by atoms with Crippen molar-refractivity contribution >= 4 is 62.5 Å². The van der Waals surface area contributed by atoms with Crippen molar-refractivity contribution < 1.29 is 0 Å². The summed E-state index contributed by atoms with van der Waals surface area (Å²) >= 11 is 21.2. The van der Waals surface area contributed by atoms with Crippen molar-refractivity contribution in [1.29, 1.82) is 0 Å². The van der Waals surface area contributed by atoms with Crippen LogP contribution in [0.3, 0.4) is 0 Å². The van der Waals surface area contributed by atoms with Gasteiger partial charge in [-0.05, 0) is 47.2 Å². The molecular formula is C10H4BrCl3S. The van der Waals surface area contributed by atoms with Crippen LogP contribution in [0.5, 0.6) is 0 Å². The molecule has 0 spiro atoms. The summed E-state index contributed by atoms with van der Waals surface area (Å²) in [4.78, 5) is 1.03. The molecule has 1 rings (SSSR count). The van der Waals surface area contributed by atoms with E-state index in [9.17, 15) is 0 Å². The van der Waals surface area contributed by atoms with Crippen molar-refractivity contribution in [2.75, 3.05) is 0 Å². The molecule has 0 radical (unpaired) electrons. The van der Waals surface area contributed by atoms with Crippen LogP contribution in [0.4, 0.5) is 0 Å². The van der Waals surface area contributed by atoms with Gasteiger partial charge in [0.2, 0.25) is 0 Å². The van der Waals surface area contributed by atoms with Gasteiger partial charge in [0, 0.05) is 9.37 Å². The molecule has 1 aromatic rings. The molecular weight excluding hydrogens is 338 g/mol. The fraction of sp³-hybridized carbons (Fsp3) is 0. The first-order valence-electron chi connectivity index (χ1n) is 3.74. The molecule has 0 aliphatic heterocycles. The molecule has 0 amide bonds. The summed E-state index contributed by atoms with van der Waals surface area (Å²) in [7, 11) is 0. The van der Waals surface area contributed by atoms with Crippen LogP contribution in [-0.4, -0.2) is 0 Å². The van der Waals surface area contributed by atoms with Crippen LogP contribution in [0, 0.1) is 11.2 Å². The Bertz CT molecular complexity index is 424. The van der Waals surface area contributed by atoms with Crippen LogP contribution < -0.4 is 0 Å². The number of allylic oxidation sites excluding steroid dienone is 1. The van der Waals surface area contributed by atoms with Gasteiger partial charge >= 0.3 is 0 Å². The second-order valence-electron chi connectivity index (χ2n) is 2.36. The third-order valence-electron chi connectivity index (χ3n) is 1.31. The fourth-order valence-electron chi connectivity index (χ4n) is 0.679. The van der Waals surface area contributed by atoms with Gasteiger partial charge in [-0.1, -0.05) is 50.7 Å². The normalized spacial score (nSPS) is 9.07. The molecule has 0 bridgehead atoms. The van der Waals surface area contributed by atoms with Crippen molar-refractivity contribution in [2.24, 2.45) is 0 Å². The van der Waals surface area contributed by atoms with E-state index in [2.05, 4.69) is 27.1 Å². The Morgan fingerprint density at radius 2 is 1.73 bits per heavy atom. The average Bonchev–Trinajstić information content (AvgIpc) is 2.20. The lowest BCUT2D eigenvalue weighted by atomic mass is 10.4. The van der Waals surface area contributed by atoms with Gasteiger partial charge in [0.1, 0.15) is 9.52 Å². The van der Waals surface area contributed by atoms with Gasteiger partial charge in [-0.3, -0.25) is 0 Å². The Balaban J connectivity index is 2.65. The molecule has 0 aliphatic carbocycles. The molecule has 0 aromatic heterocycles.